The van der Waals surface area contributed by atoms with Crippen LogP contribution in [0.5, 0.6) is 0 Å². The van der Waals surface area contributed by atoms with Gasteiger partial charge in [-0.1, -0.05) is 63.3 Å². The maximum Gasteiger partial charge on any atom is 0.312 e. The lowest BCUT2D eigenvalue weighted by molar-refractivity contribution is -0.162. The third-order valence-corrected chi connectivity index (χ3v) is 9.78. The molecule has 2 bridgehead atoms. The zero-order valence-corrected chi connectivity index (χ0v) is 25.7. The summed E-state index contributed by atoms with van der Waals surface area (Å²) in [6.07, 6.45) is 4.76. The molecule has 0 radical (unpaired) electrons. The van der Waals surface area contributed by atoms with Crippen LogP contribution >= 0.6 is 0 Å². The molecule has 3 aliphatic heterocycles. The van der Waals surface area contributed by atoms with E-state index in [9.17, 15) is 19.5 Å². The molecular weight excluding hydrogens is 544 g/mol. The highest BCUT2D eigenvalue weighted by Gasteiger charge is 2.80. The van der Waals surface area contributed by atoms with Gasteiger partial charge >= 0.3 is 5.97 Å². The number of hydrogen-bond donors (Lipinski definition) is 1. The van der Waals surface area contributed by atoms with Crippen molar-refractivity contribution in [2.24, 2.45) is 23.7 Å². The lowest BCUT2D eigenvalue weighted by atomic mass is 9.62. The fraction of sp³-hybridized carbons (Fsp3) is 0.514. The summed E-state index contributed by atoms with van der Waals surface area (Å²) in [6, 6.07) is 12.1. The van der Waals surface area contributed by atoms with Crippen LogP contribution < -0.4 is 4.90 Å². The molecule has 5 rings (SSSR count). The van der Waals surface area contributed by atoms with Crippen molar-refractivity contribution in [3.05, 3.63) is 67.8 Å². The van der Waals surface area contributed by atoms with Gasteiger partial charge in [-0.25, -0.2) is 0 Å². The molecule has 1 N–H and O–H groups in total. The van der Waals surface area contributed by atoms with Crippen LogP contribution in [0.3, 0.4) is 0 Å². The van der Waals surface area contributed by atoms with E-state index in [1.807, 2.05) is 70.2 Å². The topological polar surface area (TPSA) is 96.4 Å². The van der Waals surface area contributed by atoms with Gasteiger partial charge in [0.25, 0.3) is 5.91 Å². The van der Waals surface area contributed by atoms with Crippen LogP contribution in [0.2, 0.25) is 0 Å². The molecule has 2 aromatic rings. The number of amides is 2. The molecule has 3 unspecified atom stereocenters. The third-order valence-electron chi connectivity index (χ3n) is 9.78. The highest BCUT2D eigenvalue weighted by atomic mass is 16.6. The molecule has 0 aromatic heterocycles. The summed E-state index contributed by atoms with van der Waals surface area (Å²) in [4.78, 5) is 46.4. The van der Waals surface area contributed by atoms with E-state index < -0.39 is 41.1 Å². The number of rotatable bonds is 12. The largest absolute Gasteiger partial charge is 0.465 e. The summed E-state index contributed by atoms with van der Waals surface area (Å²) in [5, 5.41) is 12.6. The van der Waals surface area contributed by atoms with Gasteiger partial charge in [0.05, 0.1) is 30.8 Å². The SMILES string of the molecule is C=CCCOC(=O)[C@H]1[C@H]2C(=O)N([C@@H](CO)CC(C)C)C(C(=O)N(CC=C)c3ccc4ccccc4c3)C23CC(C)[C@]1(C)O3. The number of fused-ring (bicyclic) bond motifs is 2. The molecule has 0 aliphatic carbocycles. The van der Waals surface area contributed by atoms with Crippen LogP contribution in [0.25, 0.3) is 10.8 Å². The Morgan fingerprint density at radius 2 is 1.91 bits per heavy atom. The van der Waals surface area contributed by atoms with E-state index >= 15 is 0 Å². The van der Waals surface area contributed by atoms with Crippen molar-refractivity contribution in [1.29, 1.82) is 0 Å². The summed E-state index contributed by atoms with van der Waals surface area (Å²) in [7, 11) is 0. The van der Waals surface area contributed by atoms with Crippen LogP contribution in [0.4, 0.5) is 5.69 Å². The molecule has 8 heteroatoms. The fourth-order valence-electron chi connectivity index (χ4n) is 7.80. The molecule has 8 nitrogen and oxygen atoms in total. The number of aliphatic hydroxyl groups is 1. The lowest BCUT2D eigenvalue weighted by Crippen LogP contribution is -2.59. The van der Waals surface area contributed by atoms with Crippen LogP contribution in [0.15, 0.2) is 67.8 Å². The normalized spacial score (nSPS) is 30.0. The number of carbonyl (C=O) groups is 3. The van der Waals surface area contributed by atoms with Gasteiger partial charge in [-0.2, -0.15) is 0 Å². The van der Waals surface area contributed by atoms with Crippen molar-refractivity contribution >= 4 is 34.2 Å². The van der Waals surface area contributed by atoms with Gasteiger partial charge in [0.1, 0.15) is 17.6 Å². The Morgan fingerprint density at radius 1 is 1.19 bits per heavy atom. The minimum atomic E-state index is -1.24. The second-order valence-corrected chi connectivity index (χ2v) is 12.9. The van der Waals surface area contributed by atoms with E-state index in [2.05, 4.69) is 13.2 Å². The second-order valence-electron chi connectivity index (χ2n) is 12.9. The Morgan fingerprint density at radius 3 is 2.56 bits per heavy atom. The Bertz CT molecular complexity index is 1420. The fourth-order valence-corrected chi connectivity index (χ4v) is 7.80. The van der Waals surface area contributed by atoms with Gasteiger partial charge in [-0.05, 0) is 60.9 Å². The Kier molecular flexibility index (Phi) is 8.56. The van der Waals surface area contributed by atoms with Crippen molar-refractivity contribution in [1.82, 2.24) is 4.90 Å². The summed E-state index contributed by atoms with van der Waals surface area (Å²) in [5.74, 6) is -2.89. The number of carbonyl (C=O) groups excluding carboxylic acids is 3. The van der Waals surface area contributed by atoms with E-state index in [0.29, 0.717) is 24.9 Å². The average molecular weight is 589 g/mol. The molecule has 1 spiro atoms. The molecule has 3 saturated heterocycles. The van der Waals surface area contributed by atoms with E-state index in [1.54, 1.807) is 22.0 Å². The number of hydrogen-bond acceptors (Lipinski definition) is 6. The van der Waals surface area contributed by atoms with Crippen LogP contribution in [0.1, 0.15) is 47.0 Å². The van der Waals surface area contributed by atoms with Crippen molar-refractivity contribution in [2.75, 3.05) is 24.7 Å². The average Bonchev–Trinajstić information content (AvgIpc) is 3.50. The van der Waals surface area contributed by atoms with Crippen molar-refractivity contribution in [3.8, 4) is 0 Å². The molecule has 3 fully saturated rings. The first-order valence-electron chi connectivity index (χ1n) is 15.4. The molecule has 2 aromatic carbocycles. The molecule has 0 saturated carbocycles. The van der Waals surface area contributed by atoms with Gasteiger partial charge in [0, 0.05) is 12.2 Å². The zero-order valence-electron chi connectivity index (χ0n) is 25.7. The van der Waals surface area contributed by atoms with Crippen molar-refractivity contribution < 1.29 is 29.0 Å². The van der Waals surface area contributed by atoms with Crippen molar-refractivity contribution in [3.63, 3.8) is 0 Å². The number of anilines is 1. The van der Waals surface area contributed by atoms with E-state index in [-0.39, 0.29) is 43.4 Å². The maximum atomic E-state index is 15.0. The minimum absolute atomic E-state index is 0.116. The molecular formula is C35H44N2O6. The van der Waals surface area contributed by atoms with Crippen LogP contribution in [0, 0.1) is 23.7 Å². The Labute approximate surface area is 254 Å². The molecule has 3 aliphatic rings. The summed E-state index contributed by atoms with van der Waals surface area (Å²) in [5.41, 5.74) is -1.55. The highest BCUT2D eigenvalue weighted by Crippen LogP contribution is 2.66. The first kappa shape index (κ1) is 31.0. The lowest BCUT2D eigenvalue weighted by Gasteiger charge is -2.40. The second kappa shape index (κ2) is 11.9. The maximum absolute atomic E-state index is 15.0. The first-order chi connectivity index (χ1) is 20.5. The molecule has 230 valence electrons. The van der Waals surface area contributed by atoms with Crippen LogP contribution in [-0.2, 0) is 23.9 Å². The van der Waals surface area contributed by atoms with Gasteiger partial charge in [-0.3, -0.25) is 14.4 Å². The van der Waals surface area contributed by atoms with Crippen molar-refractivity contribution in [2.45, 2.75) is 70.2 Å². The highest BCUT2D eigenvalue weighted by molar-refractivity contribution is 6.06. The molecule has 7 atom stereocenters. The molecule has 3 heterocycles. The van der Waals surface area contributed by atoms with E-state index in [4.69, 9.17) is 9.47 Å². The number of aliphatic hydroxyl groups excluding tert-OH is 1. The minimum Gasteiger partial charge on any atom is -0.465 e. The number of ether oxygens (including phenoxy) is 2. The third kappa shape index (κ3) is 4.98. The predicted octanol–water partition coefficient (Wildman–Crippen LogP) is 4.90. The number of likely N-dealkylation sites (tertiary alicyclic amines) is 1. The standard InChI is InChI=1S/C35H44N2O6/c1-7-9-17-42-33(41)29-28-31(39)37(27(21-38)18-22(3)4)30(35(28)20-23(5)34(29,6)43-35)32(40)36(16-8-2)26-15-14-24-12-10-11-13-25(24)19-26/h7-8,10-15,19,22-23,27-30,38H,1-2,9,16-18,20-21H2,3-6H3/t23?,27-,28+,29-,30?,34+,35?/m1/s1. The summed E-state index contributed by atoms with van der Waals surface area (Å²) >= 11 is 0. The molecule has 2 amide bonds. The first-order valence-corrected chi connectivity index (χ1v) is 15.4. The van der Waals surface area contributed by atoms with Gasteiger partial charge in [-0.15, -0.1) is 13.2 Å². The van der Waals surface area contributed by atoms with Crippen LogP contribution in [-0.4, -0.2) is 70.8 Å². The number of nitrogens with zero attached hydrogens (tertiary/aromatic N) is 2. The van der Waals surface area contributed by atoms with Gasteiger partial charge in [0.15, 0.2) is 0 Å². The number of benzene rings is 2. The number of esters is 1. The van der Waals surface area contributed by atoms with E-state index in [0.717, 1.165) is 10.8 Å². The Hall–Kier alpha value is -3.49. The quantitative estimate of drug-likeness (QED) is 0.215. The molecule has 43 heavy (non-hydrogen) atoms. The monoisotopic (exact) mass is 588 g/mol. The predicted molar refractivity (Wildman–Crippen MR) is 166 cm³/mol. The Balaban J connectivity index is 1.63. The van der Waals surface area contributed by atoms with E-state index in [1.165, 1.54) is 0 Å². The van der Waals surface area contributed by atoms with Gasteiger partial charge in [0.2, 0.25) is 5.91 Å². The smallest absolute Gasteiger partial charge is 0.312 e. The summed E-state index contributed by atoms with van der Waals surface area (Å²) in [6.45, 7) is 15.6. The zero-order chi connectivity index (χ0) is 31.1. The summed E-state index contributed by atoms with van der Waals surface area (Å²) < 4.78 is 12.5. The van der Waals surface area contributed by atoms with Gasteiger partial charge < -0.3 is 24.4 Å².